The van der Waals surface area contributed by atoms with E-state index < -0.39 is 10.0 Å². The summed E-state index contributed by atoms with van der Waals surface area (Å²) in [5.74, 6) is 0. The molecule has 28 heavy (non-hydrogen) atoms. The lowest BCUT2D eigenvalue weighted by Gasteiger charge is -2.11. The molecule has 0 fully saturated rings. The number of hydrogen-bond acceptors (Lipinski definition) is 3. The summed E-state index contributed by atoms with van der Waals surface area (Å²) >= 11 is 3.29. The highest BCUT2D eigenvalue weighted by Crippen LogP contribution is 2.25. The molecule has 0 aliphatic heterocycles. The summed E-state index contributed by atoms with van der Waals surface area (Å²) in [4.78, 5) is 12.2. The molecule has 0 unspecified atom stereocenters. The maximum atomic E-state index is 12.6. The summed E-state index contributed by atoms with van der Waals surface area (Å²) in [6.07, 6.45) is 0. The summed E-state index contributed by atoms with van der Waals surface area (Å²) in [6.45, 7) is 1.88. The fourth-order valence-corrected chi connectivity index (χ4v) is 4.72. The molecule has 0 heterocycles. The molecule has 144 valence electrons. The van der Waals surface area contributed by atoms with E-state index in [2.05, 4.69) is 31.3 Å². The smallest absolute Gasteiger partial charge is 0.308 e. The zero-order valence-corrected chi connectivity index (χ0v) is 17.3. The van der Waals surface area contributed by atoms with Gasteiger partial charge in [0.05, 0.1) is 0 Å². The minimum Gasteiger partial charge on any atom is -0.308 e. The summed E-state index contributed by atoms with van der Waals surface area (Å²) < 4.78 is 28.2. The van der Waals surface area contributed by atoms with Crippen LogP contribution in [0.5, 0.6) is 0 Å². The molecule has 8 heteroatoms. The van der Waals surface area contributed by atoms with Crippen LogP contribution < -0.4 is 15.4 Å². The molecule has 0 radical (unpaired) electrons. The normalized spacial score (nSPS) is 10.9. The van der Waals surface area contributed by atoms with Crippen molar-refractivity contribution in [2.24, 2.45) is 0 Å². The zero-order chi connectivity index (χ0) is 20.1. The van der Waals surface area contributed by atoms with Crippen molar-refractivity contribution in [2.75, 3.05) is 15.4 Å². The molecule has 0 atom stereocenters. The van der Waals surface area contributed by atoms with Gasteiger partial charge >= 0.3 is 6.03 Å². The van der Waals surface area contributed by atoms with Crippen molar-refractivity contribution < 1.29 is 13.2 Å². The highest BCUT2D eigenvalue weighted by Gasteiger charge is 2.17. The average Bonchev–Trinajstić information content (AvgIpc) is 2.63. The van der Waals surface area contributed by atoms with Gasteiger partial charge in [0.15, 0.2) is 0 Å². The number of hydrogen-bond donors (Lipinski definition) is 3. The minimum absolute atomic E-state index is 0.155. The fourth-order valence-electron chi connectivity index (χ4n) is 2.47. The number of amides is 2. The molecule has 3 rings (SSSR count). The molecule has 0 aromatic heterocycles. The van der Waals surface area contributed by atoms with Crippen molar-refractivity contribution in [1.82, 2.24) is 0 Å². The van der Waals surface area contributed by atoms with E-state index in [0.717, 1.165) is 5.56 Å². The van der Waals surface area contributed by atoms with E-state index in [9.17, 15) is 13.2 Å². The number of sulfonamides is 1. The lowest BCUT2D eigenvalue weighted by atomic mass is 10.2. The van der Waals surface area contributed by atoms with E-state index in [1.165, 1.54) is 0 Å². The molecule has 3 aromatic carbocycles. The van der Waals surface area contributed by atoms with Crippen LogP contribution in [-0.2, 0) is 10.0 Å². The van der Waals surface area contributed by atoms with Gasteiger partial charge in [-0.15, -0.1) is 0 Å². The van der Waals surface area contributed by atoms with Gasteiger partial charge in [-0.3, -0.25) is 4.72 Å². The number of anilines is 3. The second-order valence-electron chi connectivity index (χ2n) is 6.06. The van der Waals surface area contributed by atoms with Crippen LogP contribution >= 0.6 is 15.9 Å². The summed E-state index contributed by atoms with van der Waals surface area (Å²) in [5, 5.41) is 5.40. The molecule has 0 aliphatic carbocycles. The largest absolute Gasteiger partial charge is 0.323 e. The van der Waals surface area contributed by atoms with Gasteiger partial charge in [0.2, 0.25) is 0 Å². The molecular formula is C20H18BrN3O3S. The van der Waals surface area contributed by atoms with Gasteiger partial charge in [-0.25, -0.2) is 13.2 Å². The maximum absolute atomic E-state index is 12.6. The Balaban J connectivity index is 1.66. The van der Waals surface area contributed by atoms with Crippen molar-refractivity contribution in [3.8, 4) is 0 Å². The molecule has 6 nitrogen and oxygen atoms in total. The first-order valence-corrected chi connectivity index (χ1v) is 10.6. The molecule has 3 N–H and O–H groups in total. The van der Waals surface area contributed by atoms with Gasteiger partial charge in [0.1, 0.15) is 4.90 Å². The molecular weight excluding hydrogens is 442 g/mol. The Bertz CT molecular complexity index is 1090. The Morgan fingerprint density at radius 2 is 1.39 bits per heavy atom. The maximum Gasteiger partial charge on any atom is 0.323 e. The average molecular weight is 460 g/mol. The topological polar surface area (TPSA) is 87.3 Å². The van der Waals surface area contributed by atoms with Gasteiger partial charge < -0.3 is 10.6 Å². The summed E-state index contributed by atoms with van der Waals surface area (Å²) in [7, 11) is -3.73. The first-order chi connectivity index (χ1) is 13.3. The molecule has 3 aromatic rings. The predicted octanol–water partition coefficient (Wildman–Crippen LogP) is 5.20. The van der Waals surface area contributed by atoms with Crippen LogP contribution in [0.1, 0.15) is 5.56 Å². The Kier molecular flexibility index (Phi) is 6.01. The third kappa shape index (κ3) is 5.11. The van der Waals surface area contributed by atoms with Gasteiger partial charge in [-0.2, -0.15) is 0 Å². The van der Waals surface area contributed by atoms with Crippen molar-refractivity contribution in [2.45, 2.75) is 11.8 Å². The quantitative estimate of drug-likeness (QED) is 0.489. The first-order valence-electron chi connectivity index (χ1n) is 8.35. The van der Waals surface area contributed by atoms with E-state index in [1.54, 1.807) is 54.6 Å². The first kappa shape index (κ1) is 19.9. The van der Waals surface area contributed by atoms with Crippen LogP contribution in [0.4, 0.5) is 21.9 Å². The van der Waals surface area contributed by atoms with Crippen LogP contribution in [0.15, 0.2) is 82.2 Å². The Morgan fingerprint density at radius 1 is 0.821 bits per heavy atom. The van der Waals surface area contributed by atoms with Crippen molar-refractivity contribution in [3.63, 3.8) is 0 Å². The molecule has 0 saturated heterocycles. The van der Waals surface area contributed by atoms with E-state index >= 15 is 0 Å². The van der Waals surface area contributed by atoms with Crippen LogP contribution in [0, 0.1) is 6.92 Å². The monoisotopic (exact) mass is 459 g/mol. The number of aryl methyl sites for hydroxylation is 1. The number of para-hydroxylation sites is 1. The highest BCUT2D eigenvalue weighted by molar-refractivity contribution is 9.10. The Morgan fingerprint density at radius 3 is 2.00 bits per heavy atom. The molecule has 0 bridgehead atoms. The summed E-state index contributed by atoms with van der Waals surface area (Å²) in [5.41, 5.74) is 2.55. The third-order valence-electron chi connectivity index (χ3n) is 3.80. The summed E-state index contributed by atoms with van der Waals surface area (Å²) in [6, 6.07) is 20.1. The second-order valence-corrected chi connectivity index (χ2v) is 8.57. The molecule has 0 spiro atoms. The van der Waals surface area contributed by atoms with Crippen LogP contribution in [0.3, 0.4) is 0 Å². The molecule has 0 saturated carbocycles. The predicted molar refractivity (Wildman–Crippen MR) is 115 cm³/mol. The van der Waals surface area contributed by atoms with Gasteiger partial charge in [-0.1, -0.05) is 24.3 Å². The number of carbonyl (C=O) groups excluding carboxylic acids is 1. The van der Waals surface area contributed by atoms with Crippen LogP contribution in [0.25, 0.3) is 0 Å². The van der Waals surface area contributed by atoms with Crippen LogP contribution in [-0.4, -0.2) is 14.4 Å². The van der Waals surface area contributed by atoms with Crippen LogP contribution in [0.2, 0.25) is 0 Å². The number of halogens is 1. The second kappa shape index (κ2) is 8.45. The minimum atomic E-state index is -3.73. The molecule has 2 amide bonds. The molecule has 0 aliphatic rings. The van der Waals surface area contributed by atoms with E-state index in [0.29, 0.717) is 21.5 Å². The van der Waals surface area contributed by atoms with Crippen molar-refractivity contribution >= 4 is 49.0 Å². The van der Waals surface area contributed by atoms with E-state index in [4.69, 9.17) is 0 Å². The SMILES string of the molecule is Cc1ccc(S(=O)(=O)Nc2ccc(NC(=O)Nc3ccccc3)cc2)c(Br)c1. The zero-order valence-electron chi connectivity index (χ0n) is 14.9. The number of urea groups is 1. The standard InChI is InChI=1S/C20H18BrN3O3S/c1-14-7-12-19(18(21)13-14)28(26,27)24-17-10-8-16(9-11-17)23-20(25)22-15-5-3-2-4-6-15/h2-13,24H,1H3,(H2,22,23,25). The van der Waals surface area contributed by atoms with Gasteiger partial charge in [0, 0.05) is 21.5 Å². The van der Waals surface area contributed by atoms with Crippen molar-refractivity contribution in [1.29, 1.82) is 0 Å². The third-order valence-corrected chi connectivity index (χ3v) is 6.16. The number of carbonyl (C=O) groups is 1. The number of benzene rings is 3. The van der Waals surface area contributed by atoms with Gasteiger partial charge in [0.25, 0.3) is 10.0 Å². The van der Waals surface area contributed by atoms with Gasteiger partial charge in [-0.05, 0) is 76.9 Å². The fraction of sp³-hybridized carbons (Fsp3) is 0.0500. The number of nitrogens with one attached hydrogen (secondary N) is 3. The Labute approximate surface area is 172 Å². The highest BCUT2D eigenvalue weighted by atomic mass is 79.9. The lowest BCUT2D eigenvalue weighted by Crippen LogP contribution is -2.19. The Hall–Kier alpha value is -2.84. The van der Waals surface area contributed by atoms with E-state index in [-0.39, 0.29) is 10.9 Å². The van der Waals surface area contributed by atoms with E-state index in [1.807, 2.05) is 25.1 Å². The van der Waals surface area contributed by atoms with Crippen molar-refractivity contribution in [3.05, 3.63) is 82.8 Å². The lowest BCUT2D eigenvalue weighted by molar-refractivity contribution is 0.262. The number of rotatable bonds is 5.